The molecular formula is C10H6BrF2NS. The van der Waals surface area contributed by atoms with Crippen LogP contribution in [0.4, 0.5) is 8.78 Å². The number of thiazole rings is 1. The summed E-state index contributed by atoms with van der Waals surface area (Å²) >= 11 is 4.61. The predicted molar refractivity (Wildman–Crippen MR) is 60.1 cm³/mol. The summed E-state index contributed by atoms with van der Waals surface area (Å²) in [6.45, 7) is 0. The Hall–Kier alpha value is -0.810. The zero-order valence-corrected chi connectivity index (χ0v) is 9.91. The summed E-state index contributed by atoms with van der Waals surface area (Å²) in [5.41, 5.74) is 0.297. The van der Waals surface area contributed by atoms with E-state index in [1.807, 2.05) is 0 Å². The van der Waals surface area contributed by atoms with Gasteiger partial charge in [-0.1, -0.05) is 22.0 Å². The van der Waals surface area contributed by atoms with E-state index in [4.69, 9.17) is 0 Å². The van der Waals surface area contributed by atoms with E-state index >= 15 is 0 Å². The zero-order valence-electron chi connectivity index (χ0n) is 7.51. The maximum atomic E-state index is 13.4. The second-order valence-electron chi connectivity index (χ2n) is 2.86. The van der Waals surface area contributed by atoms with Gasteiger partial charge in [-0.3, -0.25) is 0 Å². The normalized spacial score (nSPS) is 10.6. The lowest BCUT2D eigenvalue weighted by Crippen LogP contribution is -1.89. The van der Waals surface area contributed by atoms with Crippen molar-refractivity contribution in [2.45, 2.75) is 5.33 Å². The molecular weight excluding hydrogens is 284 g/mol. The highest BCUT2D eigenvalue weighted by Gasteiger charge is 2.13. The molecule has 0 saturated heterocycles. The van der Waals surface area contributed by atoms with Crippen molar-refractivity contribution < 1.29 is 8.78 Å². The van der Waals surface area contributed by atoms with Gasteiger partial charge in [0.2, 0.25) is 0 Å². The van der Waals surface area contributed by atoms with Crippen LogP contribution in [0.5, 0.6) is 0 Å². The Morgan fingerprint density at radius 1 is 1.27 bits per heavy atom. The van der Waals surface area contributed by atoms with Crippen molar-refractivity contribution in [1.82, 2.24) is 4.98 Å². The molecule has 0 spiro atoms. The van der Waals surface area contributed by atoms with Crippen LogP contribution in [0, 0.1) is 11.6 Å². The Kier molecular flexibility index (Phi) is 3.11. The molecule has 0 atom stereocenters. The third-order valence-corrected chi connectivity index (χ3v) is 3.64. The van der Waals surface area contributed by atoms with Crippen molar-refractivity contribution in [3.05, 3.63) is 40.2 Å². The van der Waals surface area contributed by atoms with Gasteiger partial charge in [0.15, 0.2) is 0 Å². The van der Waals surface area contributed by atoms with E-state index in [2.05, 4.69) is 20.9 Å². The molecule has 0 unspecified atom stereocenters. The molecule has 5 heteroatoms. The van der Waals surface area contributed by atoms with Gasteiger partial charge in [0, 0.05) is 5.38 Å². The lowest BCUT2D eigenvalue weighted by molar-refractivity contribution is 0.589. The number of aromatic nitrogens is 1. The van der Waals surface area contributed by atoms with Gasteiger partial charge in [0.1, 0.15) is 16.6 Å². The van der Waals surface area contributed by atoms with Crippen LogP contribution in [0.1, 0.15) is 5.01 Å². The van der Waals surface area contributed by atoms with Crippen LogP contribution in [0.2, 0.25) is 0 Å². The molecule has 0 radical (unpaired) electrons. The summed E-state index contributed by atoms with van der Waals surface area (Å²) < 4.78 is 26.7. The lowest BCUT2D eigenvalue weighted by Gasteiger charge is -2.00. The third-order valence-electron chi connectivity index (χ3n) is 1.88. The highest BCUT2D eigenvalue weighted by molar-refractivity contribution is 9.08. The molecule has 2 aromatic rings. The van der Waals surface area contributed by atoms with Crippen molar-refractivity contribution >= 4 is 27.3 Å². The molecule has 78 valence electrons. The molecule has 0 saturated carbocycles. The van der Waals surface area contributed by atoms with Crippen molar-refractivity contribution in [2.24, 2.45) is 0 Å². The summed E-state index contributed by atoms with van der Waals surface area (Å²) in [4.78, 5) is 4.11. The van der Waals surface area contributed by atoms with Crippen molar-refractivity contribution in [2.75, 3.05) is 0 Å². The molecule has 1 aromatic heterocycles. The Morgan fingerprint density at radius 3 is 2.47 bits per heavy atom. The minimum absolute atomic E-state index is 0.0547. The fraction of sp³-hybridized carbons (Fsp3) is 0.100. The first kappa shape index (κ1) is 10.7. The van der Waals surface area contributed by atoms with Crippen molar-refractivity contribution in [3.63, 3.8) is 0 Å². The smallest absolute Gasteiger partial charge is 0.135 e. The largest absolute Gasteiger partial charge is 0.240 e. The molecule has 2 rings (SSSR count). The van der Waals surface area contributed by atoms with Crippen molar-refractivity contribution in [3.8, 4) is 11.3 Å². The second-order valence-corrected chi connectivity index (χ2v) is 4.36. The van der Waals surface area contributed by atoms with E-state index in [-0.39, 0.29) is 5.56 Å². The molecule has 0 amide bonds. The first-order valence-corrected chi connectivity index (χ1v) is 6.17. The molecule has 0 fully saturated rings. The standard InChI is InChI=1S/C10H6BrF2NS/c11-4-9-14-8(5-15-9)10-6(12)2-1-3-7(10)13/h1-3,5H,4H2. The number of alkyl halides is 1. The van der Waals surface area contributed by atoms with E-state index < -0.39 is 11.6 Å². The summed E-state index contributed by atoms with van der Waals surface area (Å²) in [5, 5.41) is 3.04. The minimum Gasteiger partial charge on any atom is -0.240 e. The van der Waals surface area contributed by atoms with E-state index in [0.29, 0.717) is 11.0 Å². The van der Waals surface area contributed by atoms with Gasteiger partial charge in [-0.05, 0) is 12.1 Å². The number of halogens is 3. The highest BCUT2D eigenvalue weighted by Crippen LogP contribution is 2.27. The van der Waals surface area contributed by atoms with Gasteiger partial charge in [-0.15, -0.1) is 11.3 Å². The molecule has 15 heavy (non-hydrogen) atoms. The molecule has 1 nitrogen and oxygen atoms in total. The number of rotatable bonds is 2. The summed E-state index contributed by atoms with van der Waals surface area (Å²) in [5.74, 6) is -1.16. The Balaban J connectivity index is 2.53. The van der Waals surface area contributed by atoms with E-state index in [0.717, 1.165) is 5.01 Å². The molecule has 0 aliphatic rings. The Morgan fingerprint density at radius 2 is 1.93 bits per heavy atom. The average Bonchev–Trinajstić information content (AvgIpc) is 2.66. The Bertz CT molecular complexity index is 464. The fourth-order valence-electron chi connectivity index (χ4n) is 1.23. The van der Waals surface area contributed by atoms with Gasteiger partial charge in [0.25, 0.3) is 0 Å². The van der Waals surface area contributed by atoms with Crippen LogP contribution >= 0.6 is 27.3 Å². The third kappa shape index (κ3) is 2.08. The van der Waals surface area contributed by atoms with Crippen LogP contribution in [0.25, 0.3) is 11.3 Å². The zero-order chi connectivity index (χ0) is 10.8. The van der Waals surface area contributed by atoms with Gasteiger partial charge in [-0.2, -0.15) is 0 Å². The maximum absolute atomic E-state index is 13.4. The monoisotopic (exact) mass is 289 g/mol. The molecule has 0 N–H and O–H groups in total. The second kappa shape index (κ2) is 4.37. The van der Waals surface area contributed by atoms with Gasteiger partial charge < -0.3 is 0 Å². The van der Waals surface area contributed by atoms with Gasteiger partial charge >= 0.3 is 0 Å². The molecule has 0 bridgehead atoms. The summed E-state index contributed by atoms with van der Waals surface area (Å²) in [7, 11) is 0. The SMILES string of the molecule is Fc1cccc(F)c1-c1csc(CBr)n1. The van der Waals surface area contributed by atoms with Gasteiger partial charge in [-0.25, -0.2) is 13.8 Å². The van der Waals surface area contributed by atoms with Crippen LogP contribution in [-0.2, 0) is 5.33 Å². The van der Waals surface area contributed by atoms with Crippen LogP contribution < -0.4 is 0 Å². The minimum atomic E-state index is -0.582. The fourth-order valence-corrected chi connectivity index (χ4v) is 2.38. The number of hydrogen-bond donors (Lipinski definition) is 0. The topological polar surface area (TPSA) is 12.9 Å². The molecule has 0 aliphatic carbocycles. The first-order valence-electron chi connectivity index (χ1n) is 4.17. The number of benzene rings is 1. The van der Waals surface area contributed by atoms with E-state index in [1.54, 1.807) is 5.38 Å². The summed E-state index contributed by atoms with van der Waals surface area (Å²) in [6, 6.07) is 3.79. The lowest BCUT2D eigenvalue weighted by atomic mass is 10.1. The predicted octanol–water partition coefficient (Wildman–Crippen LogP) is 3.98. The molecule has 1 heterocycles. The average molecular weight is 290 g/mol. The first-order chi connectivity index (χ1) is 7.22. The molecule has 0 aliphatic heterocycles. The van der Waals surface area contributed by atoms with E-state index in [1.165, 1.54) is 29.5 Å². The quantitative estimate of drug-likeness (QED) is 0.762. The maximum Gasteiger partial charge on any atom is 0.135 e. The van der Waals surface area contributed by atoms with Gasteiger partial charge in [0.05, 0.1) is 16.6 Å². The summed E-state index contributed by atoms with van der Waals surface area (Å²) in [6.07, 6.45) is 0. The van der Waals surface area contributed by atoms with Crippen molar-refractivity contribution in [1.29, 1.82) is 0 Å². The highest BCUT2D eigenvalue weighted by atomic mass is 79.9. The van der Waals surface area contributed by atoms with E-state index in [9.17, 15) is 8.78 Å². The van der Waals surface area contributed by atoms with Crippen LogP contribution in [-0.4, -0.2) is 4.98 Å². The van der Waals surface area contributed by atoms with Crippen LogP contribution in [0.3, 0.4) is 0 Å². The van der Waals surface area contributed by atoms with Crippen LogP contribution in [0.15, 0.2) is 23.6 Å². The molecule has 1 aromatic carbocycles. The number of hydrogen-bond acceptors (Lipinski definition) is 2. The number of nitrogens with zero attached hydrogens (tertiary/aromatic N) is 1. The Labute approximate surface area is 97.9 Å².